The summed E-state index contributed by atoms with van der Waals surface area (Å²) in [6.07, 6.45) is 2.39. The Kier molecular flexibility index (Phi) is 13.4. The van der Waals surface area contributed by atoms with E-state index in [-0.39, 0.29) is 38.5 Å². The molecule has 3 saturated heterocycles. The molecule has 1 spiro atoms. The van der Waals surface area contributed by atoms with Gasteiger partial charge >= 0.3 is 12.0 Å². The molecule has 0 radical (unpaired) electrons. The lowest BCUT2D eigenvalue weighted by atomic mass is 9.64. The van der Waals surface area contributed by atoms with Gasteiger partial charge in [0.15, 0.2) is 0 Å². The normalized spacial score (nSPS) is 22.1. The predicted molar refractivity (Wildman–Crippen MR) is 290 cm³/mol. The fraction of sp³-hybridized carbons (Fsp3) is 0.246. The van der Waals surface area contributed by atoms with E-state index in [0.29, 0.717) is 47.0 Å². The van der Waals surface area contributed by atoms with Gasteiger partial charge in [-0.3, -0.25) is 19.3 Å². The lowest BCUT2D eigenvalue weighted by Gasteiger charge is -2.46. The number of hydrogen-bond acceptors (Lipinski definition) is 13. The number of carbonyl (C=O) groups excluding carboxylic acids is 4. The summed E-state index contributed by atoms with van der Waals surface area (Å²) in [4.78, 5) is 80.7. The molecule has 3 fully saturated rings. The summed E-state index contributed by atoms with van der Waals surface area (Å²) in [6, 6.07) is 45.5. The van der Waals surface area contributed by atoms with Crippen LogP contribution in [0.5, 0.6) is 5.75 Å². The number of anilines is 2. The van der Waals surface area contributed by atoms with Crippen molar-refractivity contribution in [2.45, 2.75) is 49.2 Å². The summed E-state index contributed by atoms with van der Waals surface area (Å²) in [5.74, 6) is 3.95. The summed E-state index contributed by atoms with van der Waals surface area (Å²) in [5, 5.41) is 22.0. The molecule has 78 heavy (non-hydrogen) atoms. The van der Waals surface area contributed by atoms with Crippen LogP contribution in [-0.4, -0.2) is 109 Å². The van der Waals surface area contributed by atoms with Crippen molar-refractivity contribution in [3.8, 4) is 17.6 Å². The average Bonchev–Trinajstić information content (AvgIpc) is 4.32. The molecular weight excluding hydrogens is 985 g/mol. The highest BCUT2D eigenvalue weighted by Gasteiger charge is 2.76. The number of ether oxygens (including phenoxy) is 2. The minimum absolute atomic E-state index is 0.105. The molecule has 17 heteroatoms. The highest BCUT2D eigenvalue weighted by atomic mass is 16.6. The van der Waals surface area contributed by atoms with Crippen molar-refractivity contribution in [1.29, 1.82) is 0 Å². The number of cyclic esters (lactones) is 1. The molecule has 2 aromatic heterocycles. The Morgan fingerprint density at radius 2 is 1.47 bits per heavy atom. The van der Waals surface area contributed by atoms with Gasteiger partial charge < -0.3 is 29.7 Å². The smallest absolute Gasteiger partial charge is 0.329 e. The van der Waals surface area contributed by atoms with E-state index in [1.807, 2.05) is 144 Å². The minimum atomic E-state index is -2.08. The van der Waals surface area contributed by atoms with Crippen LogP contribution in [0.3, 0.4) is 0 Å². The minimum Gasteiger partial charge on any atom is -0.491 e. The van der Waals surface area contributed by atoms with E-state index in [0.717, 1.165) is 27.1 Å². The van der Waals surface area contributed by atoms with Crippen molar-refractivity contribution in [1.82, 2.24) is 40.1 Å². The van der Waals surface area contributed by atoms with Crippen LogP contribution in [-0.2, 0) is 31.1 Å². The van der Waals surface area contributed by atoms with E-state index in [9.17, 15) is 5.11 Å². The lowest BCUT2D eigenvalue weighted by Crippen LogP contribution is -2.59. The van der Waals surface area contributed by atoms with E-state index in [4.69, 9.17) is 9.47 Å². The highest BCUT2D eigenvalue weighted by molar-refractivity contribution is 6.25. The van der Waals surface area contributed by atoms with Crippen LogP contribution in [0.15, 0.2) is 176 Å². The fourth-order valence-corrected chi connectivity index (χ4v) is 12.0. The maximum Gasteiger partial charge on any atom is 0.329 e. The Morgan fingerprint density at radius 1 is 0.795 bits per heavy atom. The number of benzene rings is 6. The van der Waals surface area contributed by atoms with Crippen LogP contribution in [0.2, 0.25) is 0 Å². The number of piperazine rings is 1. The van der Waals surface area contributed by atoms with Crippen molar-refractivity contribution in [3.63, 3.8) is 0 Å². The van der Waals surface area contributed by atoms with Crippen molar-refractivity contribution >= 4 is 46.5 Å². The molecule has 2 N–H and O–H groups in total. The van der Waals surface area contributed by atoms with Crippen molar-refractivity contribution in [2.75, 3.05) is 49.2 Å². The van der Waals surface area contributed by atoms with E-state index in [1.54, 1.807) is 58.4 Å². The summed E-state index contributed by atoms with van der Waals surface area (Å²) in [5.41, 5.74) is 3.15. The van der Waals surface area contributed by atoms with Gasteiger partial charge in [0.25, 0.3) is 0 Å². The molecule has 7 atom stereocenters. The van der Waals surface area contributed by atoms with Gasteiger partial charge in [0, 0.05) is 49.7 Å². The van der Waals surface area contributed by atoms with Crippen LogP contribution in [0, 0.1) is 17.8 Å². The number of nitrogens with zero attached hydrogens (tertiary/aromatic N) is 9. The molecule has 4 aliphatic heterocycles. The Hall–Kier alpha value is -9.24. The van der Waals surface area contributed by atoms with Gasteiger partial charge in [-0.05, 0) is 71.6 Å². The number of carbonyl (C=O) groups is 4. The third-order valence-electron chi connectivity index (χ3n) is 15.4. The molecule has 0 bridgehead atoms. The summed E-state index contributed by atoms with van der Waals surface area (Å²) in [7, 11) is 0. The van der Waals surface area contributed by atoms with Crippen LogP contribution in [0.1, 0.15) is 64.5 Å². The fourth-order valence-electron chi connectivity index (χ4n) is 12.0. The number of aliphatic hydroxyl groups is 1. The zero-order valence-electron chi connectivity index (χ0n) is 42.6. The number of aliphatic hydroxyl groups excluding tert-OH is 1. The van der Waals surface area contributed by atoms with Gasteiger partial charge in [0.05, 0.1) is 41.9 Å². The number of morpholine rings is 1. The molecule has 0 unspecified atom stereocenters. The number of nitrogens with one attached hydrogen (secondary N) is 1. The Balaban J connectivity index is 1.11. The second kappa shape index (κ2) is 21.1. The summed E-state index contributed by atoms with van der Waals surface area (Å²) < 4.78 is 14.9. The molecule has 6 heterocycles. The Morgan fingerprint density at radius 3 is 2.22 bits per heavy atom. The van der Waals surface area contributed by atoms with Crippen molar-refractivity contribution in [3.05, 3.63) is 210 Å². The van der Waals surface area contributed by atoms with Crippen LogP contribution < -0.4 is 19.9 Å². The number of amides is 4. The number of hydrogen-bond donors (Lipinski definition) is 2. The SMILES string of the molecule is C[C@@H](NC(=O)N1C(=O)[C@@]2(c3cc(C#CCn4nnc5ccccc54)ccc31)[C@H](c1ccccc1OCCO)N1[C@H](c3ccccc3)[C@H](c3ccccc3)OC(=O)[C@H]1[C@@H]2C(=O)N1CCN(c2ncccn2)CC1)c1ccccc1. The molecule has 12 rings (SSSR count). The number of para-hydroxylation sites is 2. The molecule has 0 saturated carbocycles. The van der Waals surface area contributed by atoms with E-state index in [1.165, 1.54) is 0 Å². The quantitative estimate of drug-likeness (QED) is 0.0985. The predicted octanol–water partition coefficient (Wildman–Crippen LogP) is 7.13. The number of fused-ring (bicyclic) bond motifs is 4. The van der Waals surface area contributed by atoms with E-state index < -0.39 is 65.4 Å². The Labute approximate surface area is 450 Å². The molecule has 0 aliphatic carbocycles. The number of esters is 1. The van der Waals surface area contributed by atoms with Gasteiger partial charge in [-0.1, -0.05) is 138 Å². The first kappa shape index (κ1) is 49.6. The van der Waals surface area contributed by atoms with E-state index in [2.05, 4.69) is 37.4 Å². The molecular formula is C61H54N10O7. The summed E-state index contributed by atoms with van der Waals surface area (Å²) >= 11 is 0. The Bertz CT molecular complexity index is 3590. The lowest BCUT2D eigenvalue weighted by molar-refractivity contribution is -0.179. The van der Waals surface area contributed by atoms with E-state index >= 15 is 19.2 Å². The van der Waals surface area contributed by atoms with Gasteiger partial charge in [0.1, 0.15) is 42.0 Å². The second-order valence-corrected chi connectivity index (χ2v) is 19.7. The summed E-state index contributed by atoms with van der Waals surface area (Å²) in [6.45, 7) is 2.69. The monoisotopic (exact) mass is 1040 g/mol. The molecule has 17 nitrogen and oxygen atoms in total. The number of urea groups is 1. The number of aromatic nitrogens is 5. The van der Waals surface area contributed by atoms with Crippen molar-refractivity contribution < 1.29 is 33.8 Å². The molecule has 390 valence electrons. The first-order chi connectivity index (χ1) is 38.3. The molecule has 6 aromatic carbocycles. The van der Waals surface area contributed by atoms with Crippen molar-refractivity contribution in [2.24, 2.45) is 5.92 Å². The van der Waals surface area contributed by atoms with Gasteiger partial charge in [-0.2, -0.15) is 0 Å². The zero-order valence-corrected chi connectivity index (χ0v) is 42.6. The maximum atomic E-state index is 17.1. The van der Waals surface area contributed by atoms with Gasteiger partial charge in [-0.15, -0.1) is 5.10 Å². The van der Waals surface area contributed by atoms with Crippen LogP contribution in [0.4, 0.5) is 16.4 Å². The number of imide groups is 1. The number of rotatable bonds is 11. The molecule has 4 amide bonds. The van der Waals surface area contributed by atoms with Crippen LogP contribution in [0.25, 0.3) is 11.0 Å². The first-order valence-corrected chi connectivity index (χ1v) is 26.1. The zero-order chi connectivity index (χ0) is 53.3. The third-order valence-corrected chi connectivity index (χ3v) is 15.4. The highest BCUT2D eigenvalue weighted by Crippen LogP contribution is 2.67. The largest absolute Gasteiger partial charge is 0.491 e. The maximum absolute atomic E-state index is 17.1. The second-order valence-electron chi connectivity index (χ2n) is 19.7. The van der Waals surface area contributed by atoms with Crippen LogP contribution >= 0.6 is 0 Å². The average molecular weight is 1040 g/mol. The first-order valence-electron chi connectivity index (χ1n) is 26.1. The molecule has 8 aromatic rings. The molecule has 4 aliphatic rings. The topological polar surface area (TPSA) is 188 Å². The third kappa shape index (κ3) is 8.64. The standard InChI is InChI=1S/C61H54N10O7/c1-40(42-18-5-2-6-19-42)64-60(76)70-48-29-28-41(17-15-32-69-49-26-13-12-25-47(49)65-66-69)39-46(48)61(58(70)75)51(56(73)67-33-35-68(36-34-67)59-62-30-16-31-63-59)53-57(74)78-54(44-22-9-4-10-23-44)52(43-20-7-3-8-21-43)71(53)55(61)45-24-11-14-27-50(45)77-38-37-72/h2-14,16,18-31,39-40,51-55,72H,32-38H2,1H3,(H,64,76)/t40-,51-,52-,53-,54+,55+,61-/m1/s1. The van der Waals surface area contributed by atoms with Gasteiger partial charge in [-0.25, -0.2) is 24.3 Å². The van der Waals surface area contributed by atoms with Gasteiger partial charge in [0.2, 0.25) is 17.8 Å².